The number of allylic oxidation sites excluding steroid dienone is 3. The molecule has 10 nitrogen and oxygen atoms in total. The van der Waals surface area contributed by atoms with Crippen LogP contribution in [-0.2, 0) is 27.4 Å². The van der Waals surface area contributed by atoms with Crippen molar-refractivity contribution >= 4 is 34.5 Å². The Kier molecular flexibility index (Phi) is 6.79. The third kappa shape index (κ3) is 4.21. The van der Waals surface area contributed by atoms with Crippen LogP contribution >= 0.6 is 0 Å². The molecule has 11 heteroatoms. The topological polar surface area (TPSA) is 176 Å². The summed E-state index contributed by atoms with van der Waals surface area (Å²) < 4.78 is 13.8. The van der Waals surface area contributed by atoms with Crippen LogP contribution in [0.4, 0.5) is 5.69 Å². The van der Waals surface area contributed by atoms with Gasteiger partial charge in [-0.05, 0) is 36.3 Å². The number of phenolic OH excluding ortho intramolecular Hbond substituents is 1. The molecule has 0 saturated carbocycles. The number of carbonyl (C=O) groups is 3. The summed E-state index contributed by atoms with van der Waals surface area (Å²) >= 11 is -1.26. The number of carbonyl (C=O) groups excluding carboxylic acids is 3. The number of ketones is 2. The van der Waals surface area contributed by atoms with Crippen LogP contribution in [0.25, 0.3) is 0 Å². The Morgan fingerprint density at radius 3 is 2.58 bits per heavy atom. The molecular formula is C25H27N3O7S. The number of hydrogen-bond donors (Lipinski definition) is 5. The fraction of sp³-hybridized carbons (Fsp3) is 0.400. The van der Waals surface area contributed by atoms with Gasteiger partial charge in [0.25, 0.3) is 5.91 Å². The molecule has 0 fully saturated rings. The normalized spacial score (nSPS) is 23.8. The second kappa shape index (κ2) is 9.54. The largest absolute Gasteiger partial charge is 0.598 e. The molecule has 4 unspecified atom stereocenters. The second-order valence-electron chi connectivity index (χ2n) is 9.37. The van der Waals surface area contributed by atoms with Crippen LogP contribution in [0.5, 0.6) is 5.75 Å². The Bertz CT molecular complexity index is 1300. The number of benzene rings is 1. The van der Waals surface area contributed by atoms with E-state index >= 15 is 0 Å². The fourth-order valence-electron chi connectivity index (χ4n) is 5.46. The Hall–Kier alpha value is -3.46. The average molecular weight is 514 g/mol. The number of nitrogens with zero attached hydrogens (tertiary/aromatic N) is 1. The average Bonchev–Trinajstić information content (AvgIpc) is 2.76. The number of nitrogens with one attached hydrogen (secondary N) is 1. The van der Waals surface area contributed by atoms with Crippen molar-refractivity contribution in [3.05, 3.63) is 45.4 Å². The molecule has 0 heterocycles. The van der Waals surface area contributed by atoms with Crippen LogP contribution in [0.3, 0.4) is 0 Å². The lowest BCUT2D eigenvalue weighted by Gasteiger charge is -2.41. The number of rotatable bonds is 4. The maximum atomic E-state index is 13.7. The van der Waals surface area contributed by atoms with E-state index in [1.165, 1.54) is 6.26 Å². The molecule has 0 bridgehead atoms. The smallest absolute Gasteiger partial charge is 0.255 e. The van der Waals surface area contributed by atoms with Gasteiger partial charge in [-0.2, -0.15) is 0 Å². The van der Waals surface area contributed by atoms with Gasteiger partial charge in [-0.1, -0.05) is 11.8 Å². The van der Waals surface area contributed by atoms with Gasteiger partial charge < -0.3 is 30.5 Å². The highest BCUT2D eigenvalue weighted by Gasteiger charge is 2.50. The van der Waals surface area contributed by atoms with E-state index in [0.717, 1.165) is 0 Å². The Morgan fingerprint density at radius 1 is 1.28 bits per heavy atom. The summed E-state index contributed by atoms with van der Waals surface area (Å²) in [5.74, 6) is -0.230. The summed E-state index contributed by atoms with van der Waals surface area (Å²) in [5, 5.41) is 32.4. The van der Waals surface area contributed by atoms with E-state index in [4.69, 9.17) is 5.73 Å². The van der Waals surface area contributed by atoms with E-state index in [-0.39, 0.29) is 35.4 Å². The van der Waals surface area contributed by atoms with Crippen molar-refractivity contribution in [2.75, 3.05) is 31.8 Å². The first-order valence-electron chi connectivity index (χ1n) is 11.3. The van der Waals surface area contributed by atoms with Gasteiger partial charge in [-0.3, -0.25) is 14.4 Å². The van der Waals surface area contributed by atoms with Crippen molar-refractivity contribution in [3.8, 4) is 17.6 Å². The van der Waals surface area contributed by atoms with Crippen molar-refractivity contribution in [1.29, 1.82) is 0 Å². The maximum absolute atomic E-state index is 13.7. The number of amides is 1. The maximum Gasteiger partial charge on any atom is 0.255 e. The first-order chi connectivity index (χ1) is 16.9. The minimum absolute atomic E-state index is 0.00514. The molecule has 3 aliphatic rings. The molecule has 0 saturated heterocycles. The van der Waals surface area contributed by atoms with Gasteiger partial charge in [0.15, 0.2) is 11.6 Å². The number of primary amides is 1. The molecule has 6 N–H and O–H groups in total. The molecule has 0 aliphatic heterocycles. The van der Waals surface area contributed by atoms with Gasteiger partial charge in [0.1, 0.15) is 35.6 Å². The molecule has 0 spiro atoms. The quantitative estimate of drug-likeness (QED) is 0.221. The van der Waals surface area contributed by atoms with E-state index < -0.39 is 63.7 Å². The summed E-state index contributed by atoms with van der Waals surface area (Å²) in [6, 6.07) is 1.68. The number of hydrogen-bond acceptors (Lipinski definition) is 9. The zero-order valence-corrected chi connectivity index (χ0v) is 20.9. The second-order valence-corrected chi connectivity index (χ2v) is 10.6. The van der Waals surface area contributed by atoms with Crippen LogP contribution in [0.2, 0.25) is 0 Å². The molecule has 0 aromatic heterocycles. The van der Waals surface area contributed by atoms with Gasteiger partial charge in [0, 0.05) is 43.1 Å². The van der Waals surface area contributed by atoms with Crippen LogP contribution in [0.15, 0.2) is 28.7 Å². The Morgan fingerprint density at radius 2 is 1.97 bits per heavy atom. The van der Waals surface area contributed by atoms with Gasteiger partial charge in [-0.25, -0.2) is 0 Å². The van der Waals surface area contributed by atoms with Crippen molar-refractivity contribution < 1.29 is 34.3 Å². The number of fused-ring (bicyclic) bond motifs is 3. The van der Waals surface area contributed by atoms with Gasteiger partial charge in [0.05, 0.1) is 17.0 Å². The minimum atomic E-state index is -1.26. The van der Waals surface area contributed by atoms with E-state index in [9.17, 15) is 34.3 Å². The zero-order valence-electron chi connectivity index (χ0n) is 20.0. The van der Waals surface area contributed by atoms with E-state index in [1.54, 1.807) is 25.1 Å². The molecule has 3 aliphatic carbocycles. The highest BCUT2D eigenvalue weighted by Crippen LogP contribution is 2.51. The van der Waals surface area contributed by atoms with Gasteiger partial charge >= 0.3 is 0 Å². The molecule has 1 amide bonds. The predicted molar refractivity (Wildman–Crippen MR) is 133 cm³/mol. The van der Waals surface area contributed by atoms with Crippen molar-refractivity contribution in [1.82, 2.24) is 4.72 Å². The van der Waals surface area contributed by atoms with E-state index in [0.29, 0.717) is 24.1 Å². The highest BCUT2D eigenvalue weighted by atomic mass is 32.2. The van der Waals surface area contributed by atoms with E-state index in [2.05, 4.69) is 16.6 Å². The van der Waals surface area contributed by atoms with E-state index in [1.807, 2.05) is 0 Å². The molecule has 1 aromatic carbocycles. The number of phenols is 1. The molecular weight excluding hydrogens is 486 g/mol. The van der Waals surface area contributed by atoms with Crippen molar-refractivity contribution in [3.63, 3.8) is 0 Å². The van der Waals surface area contributed by atoms with Crippen molar-refractivity contribution in [2.45, 2.75) is 19.3 Å². The highest BCUT2D eigenvalue weighted by molar-refractivity contribution is 7.88. The minimum Gasteiger partial charge on any atom is -0.598 e. The summed E-state index contributed by atoms with van der Waals surface area (Å²) in [6.45, 7) is 0.104. The Balaban J connectivity index is 1.83. The number of aromatic hydroxyl groups is 1. The lowest BCUT2D eigenvalue weighted by molar-refractivity contribution is -0.126. The third-order valence-electron chi connectivity index (χ3n) is 6.93. The fourth-order valence-corrected chi connectivity index (χ4v) is 5.73. The zero-order chi connectivity index (χ0) is 26.5. The number of aliphatic hydroxyl groups excluding tert-OH is 2. The SMILES string of the molecule is CN(C)c1cc(C#CCN[S+](C)[O-])c(O)c2c1CC1CC3CC(O)=C(C(N)=O)C(=O)C3C(O)=C1C2=O. The third-order valence-corrected chi connectivity index (χ3v) is 7.48. The molecule has 36 heavy (non-hydrogen) atoms. The molecule has 190 valence electrons. The number of nitrogens with two attached hydrogens (primary N) is 1. The van der Waals surface area contributed by atoms with Crippen LogP contribution in [0, 0.1) is 29.6 Å². The Labute approximate surface area is 211 Å². The van der Waals surface area contributed by atoms with Gasteiger partial charge in [-0.15, -0.1) is 4.72 Å². The monoisotopic (exact) mass is 513 g/mol. The molecule has 4 rings (SSSR count). The summed E-state index contributed by atoms with van der Waals surface area (Å²) in [7, 11) is 3.59. The lowest BCUT2D eigenvalue weighted by atomic mass is 9.62. The van der Waals surface area contributed by atoms with Crippen LogP contribution in [0.1, 0.15) is 34.3 Å². The predicted octanol–water partition coefficient (Wildman–Crippen LogP) is 0.766. The molecule has 4 atom stereocenters. The van der Waals surface area contributed by atoms with Crippen molar-refractivity contribution in [2.24, 2.45) is 23.5 Å². The first kappa shape index (κ1) is 25.6. The number of aliphatic hydroxyl groups is 2. The number of anilines is 1. The summed E-state index contributed by atoms with van der Waals surface area (Å²) in [6.07, 6.45) is 2.09. The standard InChI is InChI=1S/C25H27N3O7S/c1-28(2)15-9-11(5-4-6-27-36(3)35)21(30)19-14(15)8-12-7-13-10-16(29)20(25(26)34)24(33)18(13)22(31)17(12)23(19)32/h9,12-13,18,27,29-31H,6-8,10H2,1-3H3,(H2,26,34). The molecule has 0 radical (unpaired) electrons. The van der Waals surface area contributed by atoms with Crippen LogP contribution < -0.4 is 15.4 Å². The van der Waals surface area contributed by atoms with Gasteiger partial charge in [0.2, 0.25) is 0 Å². The summed E-state index contributed by atoms with van der Waals surface area (Å²) in [4.78, 5) is 40.3. The van der Waals surface area contributed by atoms with Crippen LogP contribution in [-0.4, -0.2) is 64.2 Å². The lowest BCUT2D eigenvalue weighted by Crippen LogP contribution is -2.43. The molecule has 1 aromatic rings. The summed E-state index contributed by atoms with van der Waals surface area (Å²) in [5.41, 5.74) is 6.21. The number of Topliss-reactive ketones (excluding diaryl/α,β-unsaturated/α-hetero) is 2. The first-order valence-corrected chi connectivity index (χ1v) is 12.9.